The highest BCUT2D eigenvalue weighted by molar-refractivity contribution is 5.79. The number of aromatic nitrogens is 2. The van der Waals surface area contributed by atoms with E-state index >= 15 is 0 Å². The molecule has 1 aliphatic carbocycles. The predicted octanol–water partition coefficient (Wildman–Crippen LogP) is 2.55. The summed E-state index contributed by atoms with van der Waals surface area (Å²) >= 11 is 0. The van der Waals surface area contributed by atoms with Crippen molar-refractivity contribution in [3.05, 3.63) is 23.5 Å². The first-order valence-electron chi connectivity index (χ1n) is 7.02. The largest absolute Gasteiger partial charge is 0.369 e. The maximum Gasteiger partial charge on any atom is 0.201 e. The van der Waals surface area contributed by atoms with Crippen molar-refractivity contribution in [2.45, 2.75) is 38.3 Å². The second-order valence-corrected chi connectivity index (χ2v) is 6.12. The highest BCUT2D eigenvalue weighted by Gasteiger charge is 2.40. The summed E-state index contributed by atoms with van der Waals surface area (Å²) in [6.07, 6.45) is 3.58. The highest BCUT2D eigenvalue weighted by atomic mass is 19.1. The number of imidazole rings is 1. The zero-order valence-corrected chi connectivity index (χ0v) is 12.3. The van der Waals surface area contributed by atoms with E-state index in [1.165, 1.54) is 25.3 Å². The Bertz CT molecular complexity index is 655. The predicted molar refractivity (Wildman–Crippen MR) is 79.1 cm³/mol. The van der Waals surface area contributed by atoms with Crippen LogP contribution in [0, 0.1) is 12.7 Å². The molecule has 1 aromatic carbocycles. The van der Waals surface area contributed by atoms with Crippen molar-refractivity contribution in [2.75, 3.05) is 19.8 Å². The van der Waals surface area contributed by atoms with Crippen LogP contribution in [-0.4, -0.2) is 34.1 Å². The molecule has 1 aliphatic rings. The molecule has 0 amide bonds. The number of rotatable bonds is 3. The lowest BCUT2D eigenvalue weighted by Crippen LogP contribution is -2.53. The minimum atomic E-state index is -0.229. The van der Waals surface area contributed by atoms with Gasteiger partial charge in [-0.15, -0.1) is 0 Å². The van der Waals surface area contributed by atoms with E-state index in [0.717, 1.165) is 12.1 Å². The fourth-order valence-electron chi connectivity index (χ4n) is 3.06. The number of likely N-dealkylation sites (N-methyl/N-ethyl adjacent to an activating group) is 1. The van der Waals surface area contributed by atoms with Crippen LogP contribution in [0.3, 0.4) is 0 Å². The molecule has 2 aromatic rings. The number of halogens is 1. The molecule has 0 radical (unpaired) electrons. The molecule has 108 valence electrons. The van der Waals surface area contributed by atoms with Crippen LogP contribution in [0.2, 0.25) is 0 Å². The van der Waals surface area contributed by atoms with Crippen molar-refractivity contribution in [3.63, 3.8) is 0 Å². The number of nitrogens with two attached hydrogens (primary N) is 1. The molecule has 20 heavy (non-hydrogen) atoms. The molecule has 1 heterocycles. The van der Waals surface area contributed by atoms with E-state index < -0.39 is 0 Å². The van der Waals surface area contributed by atoms with Crippen LogP contribution < -0.4 is 5.73 Å². The lowest BCUT2D eigenvalue weighted by Gasteiger charge is -2.47. The summed E-state index contributed by atoms with van der Waals surface area (Å²) in [6.45, 7) is 2.58. The van der Waals surface area contributed by atoms with Crippen LogP contribution >= 0.6 is 0 Å². The van der Waals surface area contributed by atoms with Crippen LogP contribution in [0.5, 0.6) is 0 Å². The van der Waals surface area contributed by atoms with Crippen molar-refractivity contribution in [1.29, 1.82) is 0 Å². The van der Waals surface area contributed by atoms with E-state index in [1.807, 2.05) is 10.6 Å². The fraction of sp³-hybridized carbons (Fsp3) is 0.533. The zero-order valence-electron chi connectivity index (χ0n) is 12.3. The lowest BCUT2D eigenvalue weighted by atomic mass is 9.75. The molecule has 0 spiro atoms. The average molecular weight is 276 g/mol. The summed E-state index contributed by atoms with van der Waals surface area (Å²) in [5.74, 6) is 0.242. The van der Waals surface area contributed by atoms with Gasteiger partial charge in [0.1, 0.15) is 5.82 Å². The quantitative estimate of drug-likeness (QED) is 0.937. The first-order chi connectivity index (χ1) is 9.43. The molecule has 2 N–H and O–H groups in total. The van der Waals surface area contributed by atoms with Crippen LogP contribution in [0.1, 0.15) is 24.8 Å². The summed E-state index contributed by atoms with van der Waals surface area (Å²) in [7, 11) is 4.22. The van der Waals surface area contributed by atoms with Gasteiger partial charge in [-0.05, 0) is 51.9 Å². The number of fused-ring (bicyclic) bond motifs is 1. The second kappa shape index (κ2) is 4.45. The summed E-state index contributed by atoms with van der Waals surface area (Å²) in [5.41, 5.74) is 8.40. The van der Waals surface area contributed by atoms with Crippen molar-refractivity contribution >= 4 is 17.0 Å². The van der Waals surface area contributed by atoms with E-state index in [9.17, 15) is 4.39 Å². The molecule has 0 saturated heterocycles. The molecule has 1 fully saturated rings. The van der Waals surface area contributed by atoms with Crippen molar-refractivity contribution < 1.29 is 4.39 Å². The van der Waals surface area contributed by atoms with E-state index in [4.69, 9.17) is 5.73 Å². The fourth-order valence-corrected chi connectivity index (χ4v) is 3.06. The molecule has 0 aliphatic heterocycles. The van der Waals surface area contributed by atoms with Gasteiger partial charge in [-0.3, -0.25) is 0 Å². The molecular weight excluding hydrogens is 255 g/mol. The van der Waals surface area contributed by atoms with Gasteiger partial charge < -0.3 is 15.2 Å². The van der Waals surface area contributed by atoms with Crippen molar-refractivity contribution in [3.8, 4) is 0 Å². The van der Waals surface area contributed by atoms with Crippen LogP contribution in [-0.2, 0) is 6.54 Å². The number of benzene rings is 1. The normalized spacial score (nSPS) is 17.6. The van der Waals surface area contributed by atoms with E-state index in [2.05, 4.69) is 24.0 Å². The van der Waals surface area contributed by atoms with E-state index in [1.54, 1.807) is 6.92 Å². The van der Waals surface area contributed by atoms with Gasteiger partial charge in [0, 0.05) is 18.2 Å². The molecule has 4 nitrogen and oxygen atoms in total. The Morgan fingerprint density at radius 2 is 2.10 bits per heavy atom. The van der Waals surface area contributed by atoms with E-state index in [0.29, 0.717) is 17.0 Å². The zero-order chi connectivity index (χ0) is 14.5. The molecule has 1 aromatic heterocycles. The third-order valence-corrected chi connectivity index (χ3v) is 4.74. The van der Waals surface area contributed by atoms with Gasteiger partial charge in [-0.2, -0.15) is 0 Å². The molecule has 5 heteroatoms. The average Bonchev–Trinajstić information content (AvgIpc) is 2.60. The summed E-state index contributed by atoms with van der Waals surface area (Å²) in [6, 6.07) is 3.32. The Balaban J connectivity index is 2.07. The molecule has 3 rings (SSSR count). The molecular formula is C15H21FN4. The number of hydrogen-bond donors (Lipinski definition) is 1. The first-order valence-corrected chi connectivity index (χ1v) is 7.02. The maximum absolute atomic E-state index is 13.6. The van der Waals surface area contributed by atoms with Gasteiger partial charge in [-0.25, -0.2) is 9.37 Å². The van der Waals surface area contributed by atoms with Gasteiger partial charge in [-0.1, -0.05) is 0 Å². The van der Waals surface area contributed by atoms with Crippen LogP contribution in [0.25, 0.3) is 11.0 Å². The Morgan fingerprint density at radius 1 is 1.40 bits per heavy atom. The summed E-state index contributed by atoms with van der Waals surface area (Å²) in [5, 5.41) is 0. The van der Waals surface area contributed by atoms with Crippen molar-refractivity contribution in [2.24, 2.45) is 0 Å². The Kier molecular flexibility index (Phi) is 2.97. The standard InChI is InChI=1S/C15H21FN4/c1-10-7-13-12(8-11(10)16)18-14(17)20(13)9-15(19(2)3)5-4-6-15/h7-8H,4-6,9H2,1-3H3,(H2,17,18). The molecule has 1 saturated carbocycles. The van der Waals surface area contributed by atoms with Crippen LogP contribution in [0.4, 0.5) is 10.3 Å². The maximum atomic E-state index is 13.6. The van der Waals surface area contributed by atoms with Crippen molar-refractivity contribution in [1.82, 2.24) is 14.5 Å². The number of nitrogens with zero attached hydrogens (tertiary/aromatic N) is 3. The number of hydrogen-bond acceptors (Lipinski definition) is 3. The van der Waals surface area contributed by atoms with Gasteiger partial charge >= 0.3 is 0 Å². The van der Waals surface area contributed by atoms with Crippen LogP contribution in [0.15, 0.2) is 12.1 Å². The molecule has 0 bridgehead atoms. The third kappa shape index (κ3) is 1.88. The molecule has 0 atom stereocenters. The number of anilines is 1. The third-order valence-electron chi connectivity index (χ3n) is 4.74. The monoisotopic (exact) mass is 276 g/mol. The van der Waals surface area contributed by atoms with Gasteiger partial charge in [0.2, 0.25) is 5.95 Å². The number of nitrogen functional groups attached to an aromatic ring is 1. The van der Waals surface area contributed by atoms with Gasteiger partial charge in [0.05, 0.1) is 11.0 Å². The topological polar surface area (TPSA) is 47.1 Å². The van der Waals surface area contributed by atoms with Gasteiger partial charge in [0.25, 0.3) is 0 Å². The minimum Gasteiger partial charge on any atom is -0.369 e. The first kappa shape index (κ1) is 13.4. The smallest absolute Gasteiger partial charge is 0.201 e. The van der Waals surface area contributed by atoms with E-state index in [-0.39, 0.29) is 11.4 Å². The Morgan fingerprint density at radius 3 is 2.65 bits per heavy atom. The summed E-state index contributed by atoms with van der Waals surface area (Å²) < 4.78 is 15.7. The molecule has 0 unspecified atom stereocenters. The Labute approximate surface area is 118 Å². The minimum absolute atomic E-state index is 0.157. The second-order valence-electron chi connectivity index (χ2n) is 6.12. The lowest BCUT2D eigenvalue weighted by molar-refractivity contribution is 0.0440. The Hall–Kier alpha value is -1.62. The van der Waals surface area contributed by atoms with Gasteiger partial charge in [0.15, 0.2) is 0 Å². The number of aryl methyl sites for hydroxylation is 1. The SMILES string of the molecule is Cc1cc2c(cc1F)nc(N)n2CC1(N(C)C)CCC1. The summed E-state index contributed by atoms with van der Waals surface area (Å²) in [4.78, 5) is 6.58. The highest BCUT2D eigenvalue weighted by Crippen LogP contribution is 2.39.